The van der Waals surface area contributed by atoms with Gasteiger partial charge in [0.1, 0.15) is 0 Å². The van der Waals surface area contributed by atoms with E-state index in [9.17, 15) is 22.8 Å². The summed E-state index contributed by atoms with van der Waals surface area (Å²) >= 11 is 0. The molecule has 0 bridgehead atoms. The number of amides is 1. The molecule has 1 amide bonds. The molecule has 2 N–H and O–H groups in total. The van der Waals surface area contributed by atoms with E-state index in [0.717, 1.165) is 10.3 Å². The van der Waals surface area contributed by atoms with E-state index in [0.29, 0.717) is 17.5 Å². The highest BCUT2D eigenvalue weighted by molar-refractivity contribution is 5.86. The van der Waals surface area contributed by atoms with Crippen LogP contribution < -0.4 is 0 Å². The van der Waals surface area contributed by atoms with Crippen LogP contribution in [0.5, 0.6) is 0 Å². The summed E-state index contributed by atoms with van der Waals surface area (Å²) in [6.07, 6.45) is -4.72. The number of nitrogens with zero attached hydrogens (tertiary/aromatic N) is 1. The molecule has 1 atom stereocenters. The molecule has 1 unspecified atom stereocenters. The molecule has 8 heteroatoms. The number of para-hydroxylation sites is 1. The third-order valence-corrected chi connectivity index (χ3v) is 4.45. The number of H-pyrrole nitrogens is 1. The summed E-state index contributed by atoms with van der Waals surface area (Å²) in [5, 5.41) is 9.36. The van der Waals surface area contributed by atoms with Gasteiger partial charge >= 0.3 is 12.1 Å². The zero-order valence-electron chi connectivity index (χ0n) is 13.3. The number of aromatic nitrogens is 1. The van der Waals surface area contributed by atoms with Crippen molar-refractivity contribution in [2.45, 2.75) is 37.9 Å². The molecule has 2 aromatic rings. The Morgan fingerprint density at radius 1 is 1.24 bits per heavy atom. The second-order valence-electron chi connectivity index (χ2n) is 6.09. The third-order valence-electron chi connectivity index (χ3n) is 4.45. The van der Waals surface area contributed by atoms with Crippen molar-refractivity contribution in [1.29, 1.82) is 0 Å². The molecule has 1 aliphatic heterocycles. The fourth-order valence-corrected chi connectivity index (χ4v) is 3.38. The lowest BCUT2D eigenvalue weighted by atomic mass is 9.96. The van der Waals surface area contributed by atoms with Crippen molar-refractivity contribution in [3.05, 3.63) is 35.5 Å². The van der Waals surface area contributed by atoms with Gasteiger partial charge in [-0.1, -0.05) is 18.2 Å². The summed E-state index contributed by atoms with van der Waals surface area (Å²) < 4.78 is 41.1. The highest BCUT2D eigenvalue weighted by Crippen LogP contribution is 2.43. The molecule has 1 aromatic carbocycles. The Kier molecular flexibility index (Phi) is 4.45. The lowest BCUT2D eigenvalue weighted by Crippen LogP contribution is -2.46. The Morgan fingerprint density at radius 3 is 2.64 bits per heavy atom. The normalized spacial score (nSPS) is 17.6. The number of benzene rings is 1. The number of hydrogen-bond acceptors (Lipinski definition) is 2. The van der Waals surface area contributed by atoms with Crippen LogP contribution in [0.1, 0.15) is 36.6 Å². The van der Waals surface area contributed by atoms with E-state index in [4.69, 9.17) is 5.11 Å². The number of alkyl halides is 3. The van der Waals surface area contributed by atoms with Gasteiger partial charge < -0.3 is 15.0 Å². The summed E-state index contributed by atoms with van der Waals surface area (Å²) in [7, 11) is 0. The summed E-state index contributed by atoms with van der Waals surface area (Å²) in [6, 6.07) is 4.95. The van der Waals surface area contributed by atoms with Gasteiger partial charge in [-0.05, 0) is 24.5 Å². The van der Waals surface area contributed by atoms with E-state index in [1.165, 1.54) is 0 Å². The number of rotatable bonds is 4. The van der Waals surface area contributed by atoms with Gasteiger partial charge in [0, 0.05) is 30.3 Å². The number of halogens is 3. The molecule has 1 aliphatic rings. The van der Waals surface area contributed by atoms with Crippen LogP contribution in [-0.4, -0.2) is 39.6 Å². The number of fused-ring (bicyclic) bond motifs is 3. The van der Waals surface area contributed by atoms with E-state index in [-0.39, 0.29) is 31.5 Å². The fraction of sp³-hybridized carbons (Fsp3) is 0.412. The molecular formula is C17H17F3N2O3. The summed E-state index contributed by atoms with van der Waals surface area (Å²) in [4.78, 5) is 26.5. The van der Waals surface area contributed by atoms with Crippen molar-refractivity contribution in [3.8, 4) is 0 Å². The fourth-order valence-electron chi connectivity index (χ4n) is 3.38. The van der Waals surface area contributed by atoms with Crippen LogP contribution >= 0.6 is 0 Å². The Balaban J connectivity index is 1.93. The lowest BCUT2D eigenvalue weighted by molar-refractivity contribution is -0.195. The Bertz CT molecular complexity index is 813. The molecule has 0 radical (unpaired) electrons. The number of carbonyl (C=O) groups is 2. The smallest absolute Gasteiger partial charge is 0.414 e. The molecular weight excluding hydrogens is 337 g/mol. The van der Waals surface area contributed by atoms with Gasteiger partial charge in [0.15, 0.2) is 6.04 Å². The van der Waals surface area contributed by atoms with Crippen molar-refractivity contribution >= 4 is 22.8 Å². The number of carboxylic acid groups (broad SMARTS) is 1. The molecule has 134 valence electrons. The van der Waals surface area contributed by atoms with E-state index in [1.54, 1.807) is 24.3 Å². The average Bonchev–Trinajstić information content (AvgIpc) is 2.90. The van der Waals surface area contributed by atoms with Crippen LogP contribution in [0.4, 0.5) is 13.2 Å². The van der Waals surface area contributed by atoms with Crippen LogP contribution in [-0.2, 0) is 16.0 Å². The molecule has 0 spiro atoms. The molecule has 0 aliphatic carbocycles. The third kappa shape index (κ3) is 3.33. The Hall–Kier alpha value is -2.51. The highest BCUT2D eigenvalue weighted by Gasteiger charge is 2.50. The molecule has 25 heavy (non-hydrogen) atoms. The van der Waals surface area contributed by atoms with Crippen molar-refractivity contribution < 1.29 is 27.9 Å². The molecule has 0 saturated carbocycles. The predicted molar refractivity (Wildman–Crippen MR) is 84.0 cm³/mol. The monoisotopic (exact) mass is 354 g/mol. The van der Waals surface area contributed by atoms with Crippen molar-refractivity contribution in [2.75, 3.05) is 6.54 Å². The standard InChI is InChI=1S/C17H17F3N2O3/c18-17(19,20)16-15-11(10-4-1-2-5-12(10)21-15)8-9-22(16)13(23)6-3-7-14(24)25/h1-2,4-5,16,21H,3,6-9H2,(H,24,25). The number of nitrogens with one attached hydrogen (secondary N) is 1. The maximum Gasteiger partial charge on any atom is 0.414 e. The van der Waals surface area contributed by atoms with Gasteiger partial charge in [0.05, 0.1) is 5.69 Å². The average molecular weight is 354 g/mol. The van der Waals surface area contributed by atoms with Gasteiger partial charge in [0.25, 0.3) is 0 Å². The van der Waals surface area contributed by atoms with E-state index < -0.39 is 24.1 Å². The Morgan fingerprint density at radius 2 is 1.96 bits per heavy atom. The Labute approximate surface area is 141 Å². The number of aliphatic carboxylic acids is 1. The minimum absolute atomic E-state index is 0.00605. The first kappa shape index (κ1) is 17.3. The number of carbonyl (C=O) groups excluding carboxylic acids is 1. The first-order chi connectivity index (χ1) is 11.8. The molecule has 2 heterocycles. The second kappa shape index (κ2) is 6.42. The minimum Gasteiger partial charge on any atom is -0.481 e. The van der Waals surface area contributed by atoms with Crippen molar-refractivity contribution in [3.63, 3.8) is 0 Å². The van der Waals surface area contributed by atoms with Crippen LogP contribution in [0.2, 0.25) is 0 Å². The largest absolute Gasteiger partial charge is 0.481 e. The first-order valence-electron chi connectivity index (χ1n) is 7.96. The number of hydrogen-bond donors (Lipinski definition) is 2. The molecule has 5 nitrogen and oxygen atoms in total. The highest BCUT2D eigenvalue weighted by atomic mass is 19.4. The van der Waals surface area contributed by atoms with Crippen molar-refractivity contribution in [2.24, 2.45) is 0 Å². The maximum absolute atomic E-state index is 13.7. The topological polar surface area (TPSA) is 73.4 Å². The predicted octanol–water partition coefficient (Wildman–Crippen LogP) is 3.41. The van der Waals surface area contributed by atoms with Gasteiger partial charge in [-0.3, -0.25) is 9.59 Å². The summed E-state index contributed by atoms with van der Waals surface area (Å²) in [5.41, 5.74) is 1.21. The molecule has 0 fully saturated rings. The SMILES string of the molecule is O=C(O)CCCC(=O)N1CCc2c([nH]c3ccccc23)C1C(F)(F)F. The zero-order valence-corrected chi connectivity index (χ0v) is 13.3. The molecule has 3 rings (SSSR count). The van der Waals surface area contributed by atoms with Crippen LogP contribution in [0.3, 0.4) is 0 Å². The minimum atomic E-state index is -4.61. The molecule has 0 saturated heterocycles. The lowest BCUT2D eigenvalue weighted by Gasteiger charge is -2.37. The van der Waals surface area contributed by atoms with Gasteiger partial charge in [0.2, 0.25) is 5.91 Å². The number of aromatic amines is 1. The van der Waals surface area contributed by atoms with E-state index in [2.05, 4.69) is 4.98 Å². The second-order valence-corrected chi connectivity index (χ2v) is 6.09. The van der Waals surface area contributed by atoms with Crippen LogP contribution in [0.15, 0.2) is 24.3 Å². The number of carboxylic acids is 1. The van der Waals surface area contributed by atoms with Crippen molar-refractivity contribution in [1.82, 2.24) is 9.88 Å². The van der Waals surface area contributed by atoms with Gasteiger partial charge in [-0.2, -0.15) is 13.2 Å². The maximum atomic E-state index is 13.7. The van der Waals surface area contributed by atoms with E-state index in [1.807, 2.05) is 0 Å². The van der Waals surface area contributed by atoms with Gasteiger partial charge in [-0.15, -0.1) is 0 Å². The zero-order chi connectivity index (χ0) is 18.2. The van der Waals surface area contributed by atoms with E-state index >= 15 is 0 Å². The molecule has 1 aromatic heterocycles. The summed E-state index contributed by atoms with van der Waals surface area (Å²) in [5.74, 6) is -1.75. The van der Waals surface area contributed by atoms with Crippen LogP contribution in [0, 0.1) is 0 Å². The quantitative estimate of drug-likeness (QED) is 0.884. The summed E-state index contributed by atoms with van der Waals surface area (Å²) in [6.45, 7) is -0.0368. The van der Waals surface area contributed by atoms with Gasteiger partial charge in [-0.25, -0.2) is 0 Å². The first-order valence-corrected chi connectivity index (χ1v) is 7.96. The van der Waals surface area contributed by atoms with Crippen LogP contribution in [0.25, 0.3) is 10.9 Å².